The summed E-state index contributed by atoms with van der Waals surface area (Å²) < 4.78 is 13.8. The van der Waals surface area contributed by atoms with Crippen LogP contribution in [0.15, 0.2) is 16.6 Å². The molecule has 16 heavy (non-hydrogen) atoms. The van der Waals surface area contributed by atoms with Gasteiger partial charge in [-0.1, -0.05) is 0 Å². The van der Waals surface area contributed by atoms with E-state index < -0.39 is 0 Å². The zero-order chi connectivity index (χ0) is 11.9. The minimum absolute atomic E-state index is 0.0697. The molecule has 0 unspecified atom stereocenters. The Balaban J connectivity index is 2.52. The third kappa shape index (κ3) is 1.91. The summed E-state index contributed by atoms with van der Waals surface area (Å²) in [4.78, 5) is 13.4. The van der Waals surface area contributed by atoms with Gasteiger partial charge in [0.25, 0.3) is 0 Å². The van der Waals surface area contributed by atoms with Crippen molar-refractivity contribution in [3.8, 4) is 0 Å². The second-order valence-corrected chi connectivity index (χ2v) is 4.91. The van der Waals surface area contributed by atoms with Crippen molar-refractivity contribution in [2.24, 2.45) is 0 Å². The maximum Gasteiger partial charge on any atom is 0.243 e. The van der Waals surface area contributed by atoms with Gasteiger partial charge in [0, 0.05) is 12.1 Å². The van der Waals surface area contributed by atoms with Crippen molar-refractivity contribution in [2.75, 3.05) is 16.8 Å². The minimum Gasteiger partial charge on any atom is -0.358 e. The van der Waals surface area contributed by atoms with E-state index in [1.807, 2.05) is 18.7 Å². The van der Waals surface area contributed by atoms with Gasteiger partial charge in [0.15, 0.2) is 0 Å². The van der Waals surface area contributed by atoms with Crippen molar-refractivity contribution in [1.29, 1.82) is 0 Å². The van der Waals surface area contributed by atoms with Crippen LogP contribution in [0.1, 0.15) is 13.8 Å². The smallest absolute Gasteiger partial charge is 0.243 e. The molecule has 0 fully saturated rings. The van der Waals surface area contributed by atoms with Gasteiger partial charge in [0.2, 0.25) is 5.91 Å². The summed E-state index contributed by atoms with van der Waals surface area (Å²) in [7, 11) is 0. The Morgan fingerprint density at radius 1 is 1.50 bits per heavy atom. The Hall–Kier alpha value is -1.10. The summed E-state index contributed by atoms with van der Waals surface area (Å²) in [5, 5.41) is 2.74. The number of hydrogen-bond donors (Lipinski definition) is 1. The zero-order valence-electron chi connectivity index (χ0n) is 9.05. The van der Waals surface area contributed by atoms with Crippen molar-refractivity contribution in [1.82, 2.24) is 0 Å². The molecule has 0 aromatic heterocycles. The summed E-state index contributed by atoms with van der Waals surface area (Å²) in [5.41, 5.74) is 1.38. The molecular weight excluding hydrogens is 275 g/mol. The molecule has 1 aliphatic rings. The lowest BCUT2D eigenvalue weighted by atomic mass is 10.1. The molecule has 1 aromatic carbocycles. The molecule has 2 rings (SSSR count). The molecule has 3 nitrogen and oxygen atoms in total. The average Bonchev–Trinajstić information content (AvgIpc) is 2.19. The predicted octanol–water partition coefficient (Wildman–Crippen LogP) is 2.76. The molecule has 0 saturated carbocycles. The van der Waals surface area contributed by atoms with Gasteiger partial charge in [-0.25, -0.2) is 4.39 Å². The van der Waals surface area contributed by atoms with Gasteiger partial charge >= 0.3 is 0 Å². The molecule has 1 aliphatic heterocycles. The first-order valence-corrected chi connectivity index (χ1v) is 5.84. The van der Waals surface area contributed by atoms with Crippen LogP contribution in [0.3, 0.4) is 0 Å². The minimum atomic E-state index is -0.319. The van der Waals surface area contributed by atoms with Crippen LogP contribution in [0.4, 0.5) is 15.8 Å². The van der Waals surface area contributed by atoms with Crippen molar-refractivity contribution >= 4 is 33.2 Å². The third-order valence-corrected chi connectivity index (χ3v) is 3.17. The van der Waals surface area contributed by atoms with E-state index in [2.05, 4.69) is 21.2 Å². The second kappa shape index (κ2) is 4.05. The number of nitrogens with one attached hydrogen (secondary N) is 1. The van der Waals surface area contributed by atoms with Gasteiger partial charge in [-0.3, -0.25) is 4.79 Å². The van der Waals surface area contributed by atoms with Crippen LogP contribution >= 0.6 is 15.9 Å². The fraction of sp³-hybridized carbons (Fsp3) is 0.364. The highest BCUT2D eigenvalue weighted by Crippen LogP contribution is 2.34. The largest absolute Gasteiger partial charge is 0.358 e. The van der Waals surface area contributed by atoms with E-state index in [1.165, 1.54) is 6.07 Å². The van der Waals surface area contributed by atoms with Crippen molar-refractivity contribution in [2.45, 2.75) is 19.9 Å². The molecule has 0 spiro atoms. The van der Waals surface area contributed by atoms with Crippen LogP contribution in [-0.4, -0.2) is 18.5 Å². The highest BCUT2D eigenvalue weighted by molar-refractivity contribution is 9.10. The van der Waals surface area contributed by atoms with Crippen LogP contribution in [0.25, 0.3) is 0 Å². The highest BCUT2D eigenvalue weighted by Gasteiger charge is 2.25. The van der Waals surface area contributed by atoms with E-state index >= 15 is 0 Å². The van der Waals surface area contributed by atoms with E-state index in [4.69, 9.17) is 0 Å². The van der Waals surface area contributed by atoms with Gasteiger partial charge in [-0.15, -0.1) is 0 Å². The Morgan fingerprint density at radius 3 is 2.81 bits per heavy atom. The number of halogens is 2. The Bertz CT molecular complexity index is 448. The quantitative estimate of drug-likeness (QED) is 0.861. The second-order valence-electron chi connectivity index (χ2n) is 4.05. The van der Waals surface area contributed by atoms with E-state index in [-0.39, 0.29) is 24.3 Å². The van der Waals surface area contributed by atoms with E-state index in [0.29, 0.717) is 10.2 Å². The normalized spacial score (nSPS) is 15.1. The van der Waals surface area contributed by atoms with Crippen LogP contribution in [-0.2, 0) is 4.79 Å². The lowest BCUT2D eigenvalue weighted by molar-refractivity contribution is -0.115. The van der Waals surface area contributed by atoms with Crippen LogP contribution in [0.5, 0.6) is 0 Å². The van der Waals surface area contributed by atoms with Crippen LogP contribution in [0, 0.1) is 5.82 Å². The number of carbonyl (C=O) groups excluding carboxylic acids is 1. The molecular formula is C11H12BrFN2O. The molecule has 1 N–H and O–H groups in total. The molecule has 0 radical (unpaired) electrons. The standard InChI is InChI=1S/C11H12BrFN2O/c1-6(2)15-5-11(16)14-9-3-7(12)8(13)4-10(9)15/h3-4,6H,5H2,1-2H3,(H,14,16). The number of fused-ring (bicyclic) bond motifs is 1. The van der Waals surface area contributed by atoms with Gasteiger partial charge in [0.05, 0.1) is 22.4 Å². The predicted molar refractivity (Wildman–Crippen MR) is 65.2 cm³/mol. The molecule has 0 bridgehead atoms. The molecule has 5 heteroatoms. The summed E-state index contributed by atoms with van der Waals surface area (Å²) in [5.74, 6) is -0.389. The van der Waals surface area contributed by atoms with Gasteiger partial charge < -0.3 is 10.2 Å². The fourth-order valence-electron chi connectivity index (χ4n) is 1.76. The maximum atomic E-state index is 13.5. The first kappa shape index (κ1) is 11.4. The molecule has 86 valence electrons. The zero-order valence-corrected chi connectivity index (χ0v) is 10.6. The third-order valence-electron chi connectivity index (χ3n) is 2.56. The van der Waals surface area contributed by atoms with Crippen molar-refractivity contribution in [3.63, 3.8) is 0 Å². The van der Waals surface area contributed by atoms with Crippen molar-refractivity contribution in [3.05, 3.63) is 22.4 Å². The molecule has 0 aliphatic carbocycles. The van der Waals surface area contributed by atoms with Crippen LogP contribution < -0.4 is 10.2 Å². The number of amides is 1. The number of benzene rings is 1. The van der Waals surface area contributed by atoms with Gasteiger partial charge in [-0.2, -0.15) is 0 Å². The number of hydrogen-bond acceptors (Lipinski definition) is 2. The topological polar surface area (TPSA) is 32.3 Å². The van der Waals surface area contributed by atoms with E-state index in [1.54, 1.807) is 6.07 Å². The van der Waals surface area contributed by atoms with Crippen LogP contribution in [0.2, 0.25) is 0 Å². The number of carbonyl (C=O) groups is 1. The SMILES string of the molecule is CC(C)N1CC(=O)Nc2cc(Br)c(F)cc21. The maximum absolute atomic E-state index is 13.5. The first-order chi connectivity index (χ1) is 7.49. The summed E-state index contributed by atoms with van der Waals surface area (Å²) in [6, 6.07) is 3.20. The van der Waals surface area contributed by atoms with E-state index in [9.17, 15) is 9.18 Å². The summed E-state index contributed by atoms with van der Waals surface area (Å²) >= 11 is 3.11. The fourth-order valence-corrected chi connectivity index (χ4v) is 2.11. The molecule has 1 aromatic rings. The lowest BCUT2D eigenvalue weighted by Gasteiger charge is -2.34. The molecule has 1 amide bonds. The number of anilines is 2. The molecule has 0 atom stereocenters. The van der Waals surface area contributed by atoms with Gasteiger partial charge in [-0.05, 0) is 35.8 Å². The monoisotopic (exact) mass is 286 g/mol. The molecule has 0 saturated heterocycles. The number of nitrogens with zero attached hydrogens (tertiary/aromatic N) is 1. The highest BCUT2D eigenvalue weighted by atomic mass is 79.9. The van der Waals surface area contributed by atoms with Crippen molar-refractivity contribution < 1.29 is 9.18 Å². The molecule has 1 heterocycles. The van der Waals surface area contributed by atoms with E-state index in [0.717, 1.165) is 5.69 Å². The Kier molecular flexibility index (Phi) is 2.88. The summed E-state index contributed by atoms with van der Waals surface area (Å²) in [6.07, 6.45) is 0. The summed E-state index contributed by atoms with van der Waals surface area (Å²) in [6.45, 7) is 4.22. The van der Waals surface area contributed by atoms with Gasteiger partial charge in [0.1, 0.15) is 5.82 Å². The average molecular weight is 287 g/mol. The Labute approximate surface area is 102 Å². The lowest BCUT2D eigenvalue weighted by Crippen LogP contribution is -2.42. The first-order valence-electron chi connectivity index (χ1n) is 5.04. The number of rotatable bonds is 1. The Morgan fingerprint density at radius 2 is 2.19 bits per heavy atom.